The third kappa shape index (κ3) is 2.20. The Bertz CT molecular complexity index is 241. The van der Waals surface area contributed by atoms with Crippen LogP contribution in [-0.4, -0.2) is 12.5 Å². The van der Waals surface area contributed by atoms with Gasteiger partial charge in [-0.25, -0.2) is 0 Å². The Morgan fingerprint density at radius 2 is 2.17 bits per heavy atom. The van der Waals surface area contributed by atoms with E-state index in [0.717, 1.165) is 19.3 Å². The van der Waals surface area contributed by atoms with Crippen molar-refractivity contribution in [1.82, 2.24) is 0 Å². The van der Waals surface area contributed by atoms with Crippen molar-refractivity contribution >= 4 is 5.91 Å². The van der Waals surface area contributed by atoms with Crippen LogP contribution in [0.4, 0.5) is 0 Å². The molecular weight excluding hydrogens is 152 g/mol. The average molecular weight is 166 g/mol. The van der Waals surface area contributed by atoms with Crippen LogP contribution in [0.2, 0.25) is 0 Å². The van der Waals surface area contributed by atoms with E-state index in [-0.39, 0.29) is 5.91 Å². The van der Waals surface area contributed by atoms with Gasteiger partial charge in [-0.2, -0.15) is 0 Å². The highest BCUT2D eigenvalue weighted by Gasteiger charge is 2.07. The molecule has 4 N–H and O–H groups in total. The maximum Gasteiger partial charge on any atom is 0.244 e. The van der Waals surface area contributed by atoms with Crippen molar-refractivity contribution < 1.29 is 4.79 Å². The summed E-state index contributed by atoms with van der Waals surface area (Å²) in [6, 6.07) is 0. The van der Waals surface area contributed by atoms with Crippen molar-refractivity contribution in [1.29, 1.82) is 0 Å². The molecule has 3 nitrogen and oxygen atoms in total. The molecule has 0 aromatic carbocycles. The Hall–Kier alpha value is -1.09. The van der Waals surface area contributed by atoms with Crippen LogP contribution in [-0.2, 0) is 4.79 Å². The summed E-state index contributed by atoms with van der Waals surface area (Å²) in [6.07, 6.45) is 6.42. The summed E-state index contributed by atoms with van der Waals surface area (Å²) in [5.41, 5.74) is 12.5. The first kappa shape index (κ1) is 9.00. The fourth-order valence-corrected chi connectivity index (χ4v) is 1.27. The number of carbonyl (C=O) groups is 1. The topological polar surface area (TPSA) is 69.1 Å². The van der Waals surface area contributed by atoms with Crippen LogP contribution >= 0.6 is 0 Å². The van der Waals surface area contributed by atoms with Gasteiger partial charge in [0.2, 0.25) is 5.91 Å². The minimum absolute atomic E-state index is 0.315. The molecule has 12 heavy (non-hydrogen) atoms. The Morgan fingerprint density at radius 3 is 2.75 bits per heavy atom. The van der Waals surface area contributed by atoms with E-state index in [0.29, 0.717) is 12.1 Å². The summed E-state index contributed by atoms with van der Waals surface area (Å²) in [5, 5.41) is 0. The number of amides is 1. The van der Waals surface area contributed by atoms with Gasteiger partial charge >= 0.3 is 0 Å². The van der Waals surface area contributed by atoms with Gasteiger partial charge in [-0.05, 0) is 19.3 Å². The standard InChI is InChI=1S/C9H14N2O/c10-6-7-2-1-3-8(5-4-7)9(11)12/h4-5H,1-3,6,10H2,(H2,11,12). The van der Waals surface area contributed by atoms with Gasteiger partial charge < -0.3 is 11.5 Å². The SMILES string of the molecule is NCC1=CC=C(C(N)=O)CCC1. The van der Waals surface area contributed by atoms with Crippen LogP contribution in [0.15, 0.2) is 23.3 Å². The fourth-order valence-electron chi connectivity index (χ4n) is 1.27. The van der Waals surface area contributed by atoms with E-state index in [1.807, 2.05) is 6.08 Å². The normalized spacial score (nSPS) is 17.8. The first-order chi connectivity index (χ1) is 5.74. The predicted molar refractivity (Wildman–Crippen MR) is 48.3 cm³/mol. The number of primary amides is 1. The zero-order valence-corrected chi connectivity index (χ0v) is 7.05. The highest BCUT2D eigenvalue weighted by atomic mass is 16.1. The molecule has 3 heteroatoms. The zero-order valence-electron chi connectivity index (χ0n) is 7.05. The Morgan fingerprint density at radius 1 is 1.42 bits per heavy atom. The zero-order chi connectivity index (χ0) is 8.97. The number of rotatable bonds is 2. The van der Waals surface area contributed by atoms with Crippen molar-refractivity contribution in [3.8, 4) is 0 Å². The molecule has 0 bridgehead atoms. The summed E-state index contributed by atoms with van der Waals surface area (Å²) in [6.45, 7) is 0.572. The molecule has 0 unspecified atom stereocenters. The van der Waals surface area contributed by atoms with Gasteiger partial charge in [-0.15, -0.1) is 0 Å². The lowest BCUT2D eigenvalue weighted by atomic mass is 10.1. The van der Waals surface area contributed by atoms with Gasteiger partial charge in [0.05, 0.1) is 0 Å². The molecule has 0 heterocycles. The molecule has 1 aliphatic carbocycles. The third-order valence-electron chi connectivity index (χ3n) is 2.04. The monoisotopic (exact) mass is 166 g/mol. The van der Waals surface area contributed by atoms with E-state index in [9.17, 15) is 4.79 Å². The number of carbonyl (C=O) groups excluding carboxylic acids is 1. The van der Waals surface area contributed by atoms with Crippen molar-refractivity contribution in [2.45, 2.75) is 19.3 Å². The van der Waals surface area contributed by atoms with Crippen LogP contribution in [0, 0.1) is 0 Å². The minimum Gasteiger partial charge on any atom is -0.366 e. The maximum atomic E-state index is 10.8. The molecule has 1 rings (SSSR count). The molecule has 1 amide bonds. The average Bonchev–Trinajstić information content (AvgIpc) is 2.28. The number of hydrogen-bond donors (Lipinski definition) is 2. The van der Waals surface area contributed by atoms with Crippen molar-refractivity contribution in [3.63, 3.8) is 0 Å². The van der Waals surface area contributed by atoms with Gasteiger partial charge in [0.15, 0.2) is 0 Å². The lowest BCUT2D eigenvalue weighted by Gasteiger charge is -1.99. The van der Waals surface area contributed by atoms with Crippen LogP contribution in [0.25, 0.3) is 0 Å². The first-order valence-electron chi connectivity index (χ1n) is 4.12. The molecular formula is C9H14N2O. The van der Waals surface area contributed by atoms with E-state index in [1.165, 1.54) is 5.57 Å². The largest absolute Gasteiger partial charge is 0.366 e. The quantitative estimate of drug-likeness (QED) is 0.626. The fraction of sp³-hybridized carbons (Fsp3) is 0.444. The molecule has 0 saturated carbocycles. The molecule has 0 aromatic rings. The molecule has 0 saturated heterocycles. The highest BCUT2D eigenvalue weighted by molar-refractivity contribution is 5.92. The molecule has 0 aromatic heterocycles. The van der Waals surface area contributed by atoms with Gasteiger partial charge in [0.25, 0.3) is 0 Å². The number of nitrogens with two attached hydrogens (primary N) is 2. The molecule has 0 spiro atoms. The van der Waals surface area contributed by atoms with Crippen molar-refractivity contribution in [3.05, 3.63) is 23.3 Å². The highest BCUT2D eigenvalue weighted by Crippen LogP contribution is 2.16. The molecule has 66 valence electrons. The second-order valence-corrected chi connectivity index (χ2v) is 2.94. The van der Waals surface area contributed by atoms with E-state index in [4.69, 9.17) is 11.5 Å². The van der Waals surface area contributed by atoms with Gasteiger partial charge in [-0.3, -0.25) is 4.79 Å². The van der Waals surface area contributed by atoms with E-state index in [1.54, 1.807) is 6.08 Å². The van der Waals surface area contributed by atoms with Crippen LogP contribution in [0.1, 0.15) is 19.3 Å². The number of hydrogen-bond acceptors (Lipinski definition) is 2. The smallest absolute Gasteiger partial charge is 0.244 e. The second-order valence-electron chi connectivity index (χ2n) is 2.94. The predicted octanol–water partition coefficient (Wildman–Crippen LogP) is 0.467. The minimum atomic E-state index is -0.315. The van der Waals surface area contributed by atoms with E-state index >= 15 is 0 Å². The van der Waals surface area contributed by atoms with Gasteiger partial charge in [0, 0.05) is 12.1 Å². The third-order valence-corrected chi connectivity index (χ3v) is 2.04. The summed E-state index contributed by atoms with van der Waals surface area (Å²) >= 11 is 0. The molecule has 1 aliphatic rings. The summed E-state index contributed by atoms with van der Waals surface area (Å²) in [4.78, 5) is 10.8. The second kappa shape index (κ2) is 4.07. The Balaban J connectivity index is 2.73. The number of allylic oxidation sites excluding steroid dienone is 2. The van der Waals surface area contributed by atoms with E-state index < -0.39 is 0 Å². The Labute approximate surface area is 72.1 Å². The lowest BCUT2D eigenvalue weighted by Crippen LogP contribution is -2.13. The summed E-state index contributed by atoms with van der Waals surface area (Å²) in [7, 11) is 0. The first-order valence-corrected chi connectivity index (χ1v) is 4.12. The molecule has 0 aliphatic heterocycles. The van der Waals surface area contributed by atoms with E-state index in [2.05, 4.69) is 0 Å². The Kier molecular flexibility index (Phi) is 3.05. The van der Waals surface area contributed by atoms with Crippen LogP contribution in [0.3, 0.4) is 0 Å². The maximum absolute atomic E-state index is 10.8. The van der Waals surface area contributed by atoms with Gasteiger partial charge in [0.1, 0.15) is 0 Å². The molecule has 0 radical (unpaired) electrons. The molecule has 0 fully saturated rings. The summed E-state index contributed by atoms with van der Waals surface area (Å²) < 4.78 is 0. The lowest BCUT2D eigenvalue weighted by molar-refractivity contribution is -0.114. The van der Waals surface area contributed by atoms with Gasteiger partial charge in [-0.1, -0.05) is 17.7 Å². The van der Waals surface area contributed by atoms with Crippen molar-refractivity contribution in [2.75, 3.05) is 6.54 Å². The van der Waals surface area contributed by atoms with Crippen LogP contribution in [0.5, 0.6) is 0 Å². The van der Waals surface area contributed by atoms with Crippen molar-refractivity contribution in [2.24, 2.45) is 11.5 Å². The van der Waals surface area contributed by atoms with Crippen LogP contribution < -0.4 is 11.5 Å². The molecule has 0 atom stereocenters. The summed E-state index contributed by atoms with van der Waals surface area (Å²) in [5.74, 6) is -0.315.